The predicted molar refractivity (Wildman–Crippen MR) is 56.0 cm³/mol. The average Bonchev–Trinajstić information content (AvgIpc) is 2.75. The van der Waals surface area contributed by atoms with Crippen molar-refractivity contribution in [3.8, 4) is 11.4 Å². The van der Waals surface area contributed by atoms with Gasteiger partial charge in [0.25, 0.3) is 0 Å². The Morgan fingerprint density at radius 3 is 3.00 bits per heavy atom. The van der Waals surface area contributed by atoms with Crippen molar-refractivity contribution in [2.75, 3.05) is 12.3 Å². The molecule has 0 aliphatic rings. The molecule has 0 saturated heterocycles. The molecule has 2 rings (SSSR count). The molecule has 2 aromatic rings. The van der Waals surface area contributed by atoms with Crippen LogP contribution in [-0.2, 0) is 6.54 Å². The van der Waals surface area contributed by atoms with Crippen molar-refractivity contribution in [1.29, 1.82) is 0 Å². The summed E-state index contributed by atoms with van der Waals surface area (Å²) in [5.74, 6) is 0.535. The minimum atomic E-state index is 0.0211. The van der Waals surface area contributed by atoms with Gasteiger partial charge in [-0.15, -0.1) is 0 Å². The molecule has 0 unspecified atom stereocenters. The summed E-state index contributed by atoms with van der Waals surface area (Å²) in [6.45, 7) is 2.37. The lowest BCUT2D eigenvalue weighted by atomic mass is 10.2. The summed E-state index contributed by atoms with van der Waals surface area (Å²) >= 11 is 0. The van der Waals surface area contributed by atoms with Crippen LogP contribution in [-0.4, -0.2) is 31.7 Å². The summed E-state index contributed by atoms with van der Waals surface area (Å²) in [6, 6.07) is 1.76. The van der Waals surface area contributed by atoms with Gasteiger partial charge in [0.05, 0.1) is 25.0 Å². The van der Waals surface area contributed by atoms with Gasteiger partial charge in [-0.2, -0.15) is 10.2 Å². The standard InChI is InChI=1S/C9H13N5O/c1-6-5-11-12-9(6)7-4-8(10)14(13-7)2-3-15/h4-5,15H,2-3,10H2,1H3,(H,11,12). The third-order valence-electron chi connectivity index (χ3n) is 2.21. The van der Waals surface area contributed by atoms with Crippen LogP contribution >= 0.6 is 0 Å². The Morgan fingerprint density at radius 1 is 1.60 bits per heavy atom. The zero-order valence-corrected chi connectivity index (χ0v) is 8.44. The van der Waals surface area contributed by atoms with Crippen molar-refractivity contribution in [2.24, 2.45) is 0 Å². The number of H-pyrrole nitrogens is 1. The van der Waals surface area contributed by atoms with Crippen molar-refractivity contribution < 1.29 is 5.11 Å². The van der Waals surface area contributed by atoms with Gasteiger partial charge in [0.2, 0.25) is 0 Å². The molecule has 6 heteroatoms. The molecule has 0 aromatic carbocycles. The number of aromatic nitrogens is 4. The van der Waals surface area contributed by atoms with E-state index >= 15 is 0 Å². The van der Waals surface area contributed by atoms with Gasteiger partial charge >= 0.3 is 0 Å². The second-order valence-electron chi connectivity index (χ2n) is 3.33. The molecule has 80 valence electrons. The molecule has 6 nitrogen and oxygen atoms in total. The molecule has 2 aromatic heterocycles. The van der Waals surface area contributed by atoms with Crippen molar-refractivity contribution >= 4 is 5.82 Å². The molecule has 0 aliphatic carbocycles. The topological polar surface area (TPSA) is 92.8 Å². The molecule has 0 aliphatic heterocycles. The van der Waals surface area contributed by atoms with Gasteiger partial charge in [-0.25, -0.2) is 4.68 Å². The first-order chi connectivity index (χ1) is 7.22. The predicted octanol–water partition coefficient (Wildman–Crippen LogP) is 0.156. The van der Waals surface area contributed by atoms with Crippen molar-refractivity contribution in [1.82, 2.24) is 20.0 Å². The second-order valence-corrected chi connectivity index (χ2v) is 3.33. The largest absolute Gasteiger partial charge is 0.394 e. The lowest BCUT2D eigenvalue weighted by molar-refractivity contribution is 0.270. The molecular weight excluding hydrogens is 194 g/mol. The zero-order valence-electron chi connectivity index (χ0n) is 8.44. The van der Waals surface area contributed by atoms with Crippen LogP contribution in [0.3, 0.4) is 0 Å². The highest BCUT2D eigenvalue weighted by molar-refractivity contribution is 5.61. The van der Waals surface area contributed by atoms with Crippen LogP contribution in [0.1, 0.15) is 5.56 Å². The molecule has 0 atom stereocenters. The van der Waals surface area contributed by atoms with E-state index in [2.05, 4.69) is 15.3 Å². The highest BCUT2D eigenvalue weighted by Crippen LogP contribution is 2.20. The van der Waals surface area contributed by atoms with Crippen LogP contribution in [0.15, 0.2) is 12.3 Å². The third kappa shape index (κ3) is 1.71. The Balaban J connectivity index is 2.38. The van der Waals surface area contributed by atoms with E-state index in [1.54, 1.807) is 16.9 Å². The number of hydrogen-bond donors (Lipinski definition) is 3. The maximum absolute atomic E-state index is 8.80. The number of aryl methyl sites for hydroxylation is 1. The van der Waals surface area contributed by atoms with Gasteiger partial charge in [0.15, 0.2) is 0 Å². The fraction of sp³-hybridized carbons (Fsp3) is 0.333. The fourth-order valence-corrected chi connectivity index (χ4v) is 1.43. The third-order valence-corrected chi connectivity index (χ3v) is 2.21. The summed E-state index contributed by atoms with van der Waals surface area (Å²) in [7, 11) is 0. The van der Waals surface area contributed by atoms with Gasteiger partial charge in [-0.05, 0) is 12.5 Å². The minimum Gasteiger partial charge on any atom is -0.394 e. The molecule has 0 spiro atoms. The van der Waals surface area contributed by atoms with E-state index in [1.807, 2.05) is 6.92 Å². The Morgan fingerprint density at radius 2 is 2.40 bits per heavy atom. The minimum absolute atomic E-state index is 0.0211. The van der Waals surface area contributed by atoms with Gasteiger partial charge in [-0.1, -0.05) is 0 Å². The fourth-order valence-electron chi connectivity index (χ4n) is 1.43. The molecule has 0 radical (unpaired) electrons. The maximum atomic E-state index is 8.80. The number of aliphatic hydroxyl groups excluding tert-OH is 1. The molecular formula is C9H13N5O. The van der Waals surface area contributed by atoms with Crippen LogP contribution in [0.5, 0.6) is 0 Å². The van der Waals surface area contributed by atoms with E-state index in [1.165, 1.54) is 0 Å². The number of aliphatic hydroxyl groups is 1. The number of nitrogen functional groups attached to an aromatic ring is 1. The number of nitrogens with two attached hydrogens (primary N) is 1. The Labute approximate surface area is 86.7 Å². The van der Waals surface area contributed by atoms with E-state index in [0.717, 1.165) is 17.0 Å². The lowest BCUT2D eigenvalue weighted by Crippen LogP contribution is -2.07. The van der Waals surface area contributed by atoms with Crippen LogP contribution in [0.25, 0.3) is 11.4 Å². The smallest absolute Gasteiger partial charge is 0.122 e. The Hall–Kier alpha value is -1.82. The molecule has 0 amide bonds. The van der Waals surface area contributed by atoms with E-state index in [-0.39, 0.29) is 6.61 Å². The Kier molecular flexibility index (Phi) is 2.42. The van der Waals surface area contributed by atoms with E-state index in [9.17, 15) is 0 Å². The first-order valence-corrected chi connectivity index (χ1v) is 4.67. The maximum Gasteiger partial charge on any atom is 0.122 e. The summed E-state index contributed by atoms with van der Waals surface area (Å²) in [6.07, 6.45) is 1.73. The average molecular weight is 207 g/mol. The van der Waals surface area contributed by atoms with Crippen LogP contribution in [0.2, 0.25) is 0 Å². The summed E-state index contributed by atoms with van der Waals surface area (Å²) in [4.78, 5) is 0. The number of aromatic amines is 1. The molecule has 0 bridgehead atoms. The molecule has 2 heterocycles. The van der Waals surface area contributed by atoms with E-state index in [4.69, 9.17) is 10.8 Å². The highest BCUT2D eigenvalue weighted by atomic mass is 16.3. The number of hydrogen-bond acceptors (Lipinski definition) is 4. The molecule has 15 heavy (non-hydrogen) atoms. The summed E-state index contributed by atoms with van der Waals surface area (Å²) in [5.41, 5.74) is 8.36. The van der Waals surface area contributed by atoms with Crippen molar-refractivity contribution in [2.45, 2.75) is 13.5 Å². The first kappa shape index (κ1) is 9.72. The SMILES string of the molecule is Cc1cn[nH]c1-c1cc(N)n(CCO)n1. The summed E-state index contributed by atoms with van der Waals surface area (Å²) in [5, 5.41) is 19.8. The van der Waals surface area contributed by atoms with Crippen molar-refractivity contribution in [3.63, 3.8) is 0 Å². The Bertz CT molecular complexity index is 459. The van der Waals surface area contributed by atoms with Gasteiger partial charge in [0.1, 0.15) is 11.5 Å². The molecule has 0 fully saturated rings. The monoisotopic (exact) mass is 207 g/mol. The second kappa shape index (κ2) is 3.74. The summed E-state index contributed by atoms with van der Waals surface area (Å²) < 4.78 is 1.57. The molecule has 4 N–H and O–H groups in total. The van der Waals surface area contributed by atoms with Gasteiger partial charge in [-0.3, -0.25) is 5.10 Å². The number of nitrogens with zero attached hydrogens (tertiary/aromatic N) is 3. The van der Waals surface area contributed by atoms with Gasteiger partial charge < -0.3 is 10.8 Å². The van der Waals surface area contributed by atoms with Gasteiger partial charge in [0, 0.05) is 6.07 Å². The number of nitrogens with one attached hydrogen (secondary N) is 1. The normalized spacial score (nSPS) is 10.8. The quantitative estimate of drug-likeness (QED) is 0.668. The van der Waals surface area contributed by atoms with E-state index in [0.29, 0.717) is 12.4 Å². The first-order valence-electron chi connectivity index (χ1n) is 4.67. The zero-order chi connectivity index (χ0) is 10.8. The number of rotatable bonds is 3. The lowest BCUT2D eigenvalue weighted by Gasteiger charge is -1.98. The van der Waals surface area contributed by atoms with Crippen LogP contribution in [0, 0.1) is 6.92 Å². The molecule has 0 saturated carbocycles. The van der Waals surface area contributed by atoms with Crippen LogP contribution < -0.4 is 5.73 Å². The van der Waals surface area contributed by atoms with Crippen molar-refractivity contribution in [3.05, 3.63) is 17.8 Å². The highest BCUT2D eigenvalue weighted by Gasteiger charge is 2.10. The van der Waals surface area contributed by atoms with Crippen LogP contribution in [0.4, 0.5) is 5.82 Å². The number of anilines is 1. The van der Waals surface area contributed by atoms with E-state index < -0.39 is 0 Å².